The summed E-state index contributed by atoms with van der Waals surface area (Å²) in [5, 5.41) is 6.17. The first-order valence-electron chi connectivity index (χ1n) is 8.15. The van der Waals surface area contributed by atoms with E-state index in [2.05, 4.69) is 24.5 Å². The molecule has 2 N–H and O–H groups in total. The van der Waals surface area contributed by atoms with E-state index in [4.69, 9.17) is 0 Å². The lowest BCUT2D eigenvalue weighted by atomic mass is 9.67. The summed E-state index contributed by atoms with van der Waals surface area (Å²) in [6.45, 7) is 4.12. The molecule has 0 heterocycles. The van der Waals surface area contributed by atoms with Gasteiger partial charge in [0.05, 0.1) is 0 Å². The Hall–Kier alpha value is -1.06. The number of hydrogen-bond donors (Lipinski definition) is 2. The number of rotatable bonds is 6. The smallest absolute Gasteiger partial charge is 0.235 e. The van der Waals surface area contributed by atoms with Crippen molar-refractivity contribution in [2.75, 3.05) is 0 Å². The topological polar surface area (TPSA) is 58.2 Å². The Morgan fingerprint density at radius 2 is 1.30 bits per heavy atom. The largest absolute Gasteiger partial charge is 0.352 e. The molecule has 3 fully saturated rings. The second-order valence-corrected chi connectivity index (χ2v) is 7.13. The Morgan fingerprint density at radius 3 is 1.55 bits per heavy atom. The predicted octanol–water partition coefficient (Wildman–Crippen LogP) is 1.99. The minimum Gasteiger partial charge on any atom is -0.352 e. The van der Waals surface area contributed by atoms with E-state index in [1.807, 2.05) is 0 Å². The van der Waals surface area contributed by atoms with E-state index in [-0.39, 0.29) is 23.9 Å². The zero-order valence-electron chi connectivity index (χ0n) is 12.6. The van der Waals surface area contributed by atoms with Crippen LogP contribution in [0.25, 0.3) is 0 Å². The zero-order valence-corrected chi connectivity index (χ0v) is 12.6. The average molecular weight is 278 g/mol. The van der Waals surface area contributed by atoms with E-state index in [0.29, 0.717) is 24.7 Å². The summed E-state index contributed by atoms with van der Waals surface area (Å²) in [6.07, 6.45) is 7.23. The summed E-state index contributed by atoms with van der Waals surface area (Å²) in [4.78, 5) is 25.1. The Balaban J connectivity index is 1.59. The third kappa shape index (κ3) is 2.57. The molecule has 4 heteroatoms. The number of amides is 2. The van der Waals surface area contributed by atoms with Crippen LogP contribution in [0.4, 0.5) is 0 Å². The number of carbonyl (C=O) groups excluding carboxylic acids is 2. The van der Waals surface area contributed by atoms with Crippen molar-refractivity contribution in [1.29, 1.82) is 0 Å². The van der Waals surface area contributed by atoms with Crippen molar-refractivity contribution in [3.8, 4) is 0 Å². The van der Waals surface area contributed by atoms with Gasteiger partial charge in [-0.1, -0.05) is 6.42 Å². The minimum absolute atomic E-state index is 0.0383. The van der Waals surface area contributed by atoms with Crippen LogP contribution in [0, 0.1) is 17.3 Å². The SMILES string of the molecule is C[C@H](NC(=O)C1(C(=O)N[C@H](C)C2CC2)CCC1)C1CC1. The highest BCUT2D eigenvalue weighted by atomic mass is 16.2. The van der Waals surface area contributed by atoms with Crippen molar-refractivity contribution in [1.82, 2.24) is 10.6 Å². The summed E-state index contributed by atoms with van der Waals surface area (Å²) >= 11 is 0. The number of nitrogens with one attached hydrogen (secondary N) is 2. The van der Waals surface area contributed by atoms with Crippen molar-refractivity contribution >= 4 is 11.8 Å². The Kier molecular flexibility index (Phi) is 3.51. The molecule has 3 aliphatic carbocycles. The maximum Gasteiger partial charge on any atom is 0.235 e. The van der Waals surface area contributed by atoms with Crippen LogP contribution in [0.2, 0.25) is 0 Å². The number of carbonyl (C=O) groups is 2. The van der Waals surface area contributed by atoms with Crippen molar-refractivity contribution in [2.45, 2.75) is 70.9 Å². The molecule has 3 aliphatic rings. The van der Waals surface area contributed by atoms with Crippen LogP contribution in [0.1, 0.15) is 58.8 Å². The molecule has 0 aromatic carbocycles. The van der Waals surface area contributed by atoms with Gasteiger partial charge in [0.1, 0.15) is 5.41 Å². The third-order valence-corrected chi connectivity index (χ3v) is 5.45. The molecule has 0 spiro atoms. The first-order valence-corrected chi connectivity index (χ1v) is 8.15. The molecule has 2 amide bonds. The molecule has 112 valence electrons. The molecule has 0 bridgehead atoms. The van der Waals surface area contributed by atoms with E-state index in [1.54, 1.807) is 0 Å². The predicted molar refractivity (Wildman–Crippen MR) is 76.9 cm³/mol. The van der Waals surface area contributed by atoms with Crippen LogP contribution in [-0.2, 0) is 9.59 Å². The standard InChI is InChI=1S/C16H26N2O2/c1-10(12-4-5-12)17-14(19)16(8-3-9-16)15(20)18-11(2)13-6-7-13/h10-13H,3-9H2,1-2H3,(H,17,19)(H,18,20)/t10-,11+. The summed E-state index contributed by atoms with van der Waals surface area (Å²) in [5.74, 6) is 1.18. The van der Waals surface area contributed by atoms with Gasteiger partial charge in [0.2, 0.25) is 11.8 Å². The van der Waals surface area contributed by atoms with Gasteiger partial charge >= 0.3 is 0 Å². The Labute approximate surface area is 121 Å². The van der Waals surface area contributed by atoms with Gasteiger partial charge in [-0.2, -0.15) is 0 Å². The van der Waals surface area contributed by atoms with E-state index < -0.39 is 5.41 Å². The van der Waals surface area contributed by atoms with Crippen molar-refractivity contribution < 1.29 is 9.59 Å². The lowest BCUT2D eigenvalue weighted by Gasteiger charge is -2.40. The first-order chi connectivity index (χ1) is 9.53. The maximum absolute atomic E-state index is 12.5. The highest BCUT2D eigenvalue weighted by Gasteiger charge is 2.52. The fraction of sp³-hybridized carbons (Fsp3) is 0.875. The molecule has 20 heavy (non-hydrogen) atoms. The van der Waals surface area contributed by atoms with Crippen LogP contribution < -0.4 is 10.6 Å². The van der Waals surface area contributed by atoms with Gasteiger partial charge in [-0.3, -0.25) is 9.59 Å². The monoisotopic (exact) mass is 278 g/mol. The molecule has 0 unspecified atom stereocenters. The first kappa shape index (κ1) is 13.9. The van der Waals surface area contributed by atoms with Gasteiger partial charge in [-0.05, 0) is 64.2 Å². The van der Waals surface area contributed by atoms with E-state index in [9.17, 15) is 9.59 Å². The van der Waals surface area contributed by atoms with Gasteiger partial charge in [0, 0.05) is 12.1 Å². The normalized spacial score (nSPS) is 27.1. The second kappa shape index (κ2) is 5.05. The fourth-order valence-electron chi connectivity index (χ4n) is 3.21. The van der Waals surface area contributed by atoms with Gasteiger partial charge in [0.25, 0.3) is 0 Å². The second-order valence-electron chi connectivity index (χ2n) is 7.13. The molecule has 0 aliphatic heterocycles. The summed E-state index contributed by atoms with van der Waals surface area (Å²) in [7, 11) is 0. The van der Waals surface area contributed by atoms with E-state index >= 15 is 0 Å². The summed E-state index contributed by atoms with van der Waals surface area (Å²) < 4.78 is 0. The molecular formula is C16H26N2O2. The van der Waals surface area contributed by atoms with Gasteiger partial charge in [-0.15, -0.1) is 0 Å². The van der Waals surface area contributed by atoms with Crippen LogP contribution in [0.3, 0.4) is 0 Å². The van der Waals surface area contributed by atoms with Crippen LogP contribution in [-0.4, -0.2) is 23.9 Å². The Bertz CT molecular complexity index is 375. The van der Waals surface area contributed by atoms with Crippen molar-refractivity contribution in [3.05, 3.63) is 0 Å². The molecule has 0 radical (unpaired) electrons. The van der Waals surface area contributed by atoms with Crippen molar-refractivity contribution in [3.63, 3.8) is 0 Å². The lowest BCUT2D eigenvalue weighted by Crippen LogP contribution is -2.58. The molecular weight excluding hydrogens is 252 g/mol. The third-order valence-electron chi connectivity index (χ3n) is 5.45. The van der Waals surface area contributed by atoms with Crippen LogP contribution in [0.15, 0.2) is 0 Å². The summed E-state index contributed by atoms with van der Waals surface area (Å²) in [6, 6.07) is 0.433. The average Bonchev–Trinajstić information content (AvgIpc) is 3.18. The van der Waals surface area contributed by atoms with Gasteiger partial charge < -0.3 is 10.6 Å². The quantitative estimate of drug-likeness (QED) is 0.730. The fourth-order valence-corrected chi connectivity index (χ4v) is 3.21. The number of hydrogen-bond acceptors (Lipinski definition) is 2. The summed E-state index contributed by atoms with van der Waals surface area (Å²) in [5.41, 5.74) is -0.772. The van der Waals surface area contributed by atoms with Gasteiger partial charge in [0.15, 0.2) is 0 Å². The molecule has 0 aromatic heterocycles. The molecule has 0 aromatic rings. The highest BCUT2D eigenvalue weighted by Crippen LogP contribution is 2.43. The molecule has 0 saturated heterocycles. The van der Waals surface area contributed by atoms with Crippen LogP contribution in [0.5, 0.6) is 0 Å². The molecule has 3 rings (SSSR count). The minimum atomic E-state index is -0.772. The maximum atomic E-state index is 12.5. The lowest BCUT2D eigenvalue weighted by molar-refractivity contribution is -0.150. The van der Waals surface area contributed by atoms with Crippen LogP contribution >= 0.6 is 0 Å². The molecule has 3 saturated carbocycles. The van der Waals surface area contributed by atoms with E-state index in [1.165, 1.54) is 25.7 Å². The zero-order chi connectivity index (χ0) is 14.3. The van der Waals surface area contributed by atoms with E-state index in [0.717, 1.165) is 6.42 Å². The Morgan fingerprint density at radius 1 is 0.900 bits per heavy atom. The highest BCUT2D eigenvalue weighted by molar-refractivity contribution is 6.06. The van der Waals surface area contributed by atoms with Gasteiger partial charge in [-0.25, -0.2) is 0 Å². The molecule has 4 nitrogen and oxygen atoms in total. The molecule has 2 atom stereocenters. The van der Waals surface area contributed by atoms with Crippen molar-refractivity contribution in [2.24, 2.45) is 17.3 Å².